The van der Waals surface area contributed by atoms with Crippen molar-refractivity contribution in [3.05, 3.63) is 127 Å². The first-order valence-corrected chi connectivity index (χ1v) is 24.2. The monoisotopic (exact) mass is 1080 g/mol. The van der Waals surface area contributed by atoms with Crippen molar-refractivity contribution < 1.29 is 79.2 Å². The molecule has 3 aliphatic rings. The third kappa shape index (κ3) is 13.1. The number of aromatic nitrogens is 2. The Bertz CT molecular complexity index is 3210. The highest BCUT2D eigenvalue weighted by Gasteiger charge is 2.36. The maximum atomic E-state index is 15.3. The molecule has 406 valence electrons. The van der Waals surface area contributed by atoms with E-state index in [1.807, 2.05) is 0 Å². The fourth-order valence-corrected chi connectivity index (χ4v) is 9.09. The number of nitrogens with one attached hydrogen (secondary N) is 5. The number of amides is 5. The highest BCUT2D eigenvalue weighted by Crippen LogP contribution is 2.45. The number of rotatable bonds is 23. The second-order valence-corrected chi connectivity index (χ2v) is 18.0. The number of hydrogen-bond donors (Lipinski definition) is 5. The third-order valence-corrected chi connectivity index (χ3v) is 12.9. The second kappa shape index (κ2) is 24.7. The number of hydrogen-bond acceptors (Lipinski definition) is 14. The van der Waals surface area contributed by atoms with Gasteiger partial charge in [-0.05, 0) is 53.6 Å². The van der Waals surface area contributed by atoms with Gasteiger partial charge in [-0.3, -0.25) is 38.4 Å². The molecule has 25 heteroatoms. The Labute approximate surface area is 434 Å². The molecule has 0 fully saturated rings. The van der Waals surface area contributed by atoms with E-state index in [4.69, 9.17) is 23.9 Å². The van der Waals surface area contributed by atoms with Crippen LogP contribution in [0, 0.1) is 36.0 Å². The van der Waals surface area contributed by atoms with Crippen molar-refractivity contribution in [3.63, 3.8) is 0 Å². The highest BCUT2D eigenvalue weighted by molar-refractivity contribution is 5.94. The molecule has 4 heterocycles. The van der Waals surface area contributed by atoms with Crippen molar-refractivity contribution in [2.75, 3.05) is 52.9 Å². The maximum absolute atomic E-state index is 15.3. The lowest BCUT2D eigenvalue weighted by Crippen LogP contribution is -2.52. The Balaban J connectivity index is 0.753. The Morgan fingerprint density at radius 1 is 0.779 bits per heavy atom. The summed E-state index contributed by atoms with van der Waals surface area (Å²) >= 11 is 0. The molecule has 0 bridgehead atoms. The zero-order chi connectivity index (χ0) is 54.9. The van der Waals surface area contributed by atoms with Gasteiger partial charge in [0.05, 0.1) is 87.4 Å². The zero-order valence-electron chi connectivity index (χ0n) is 41.2. The van der Waals surface area contributed by atoms with Crippen LogP contribution < -0.4 is 36.9 Å². The fraction of sp³-hybridized carbons (Fsp3) is 0.365. The number of halogens is 5. The molecule has 77 heavy (non-hydrogen) atoms. The first kappa shape index (κ1) is 55.1. The minimum absolute atomic E-state index is 0.0230. The highest BCUT2D eigenvalue weighted by atomic mass is 19.2. The predicted octanol–water partition coefficient (Wildman–Crippen LogP) is 2.60. The number of carbonyl (C=O) groups excluding carboxylic acids is 7. The van der Waals surface area contributed by atoms with Crippen molar-refractivity contribution in [3.8, 4) is 17.1 Å². The Morgan fingerprint density at radius 2 is 1.49 bits per heavy atom. The Hall–Kier alpha value is -8.16. The van der Waals surface area contributed by atoms with Gasteiger partial charge in [-0.1, -0.05) is 30.3 Å². The SMILES string of the molecule is Cc1c(F)cc2nc3c(c4c2c1CC[C@@H]4NC(=O)COCNC(=O)CNC(=O)[C@H](Cc1ccccc1)NC(=O)CNC(=O)CCOCCOCCC(=O)Oc1c(F)c(F)cc(F)c1F)Cn1c-3cc2c(c1=O)COC(=O)C2. The summed E-state index contributed by atoms with van der Waals surface area (Å²) in [6.07, 6.45) is 0.0605. The first-order chi connectivity index (χ1) is 37.0. The molecule has 3 aromatic carbocycles. The molecule has 2 atom stereocenters. The quantitative estimate of drug-likeness (QED) is 0.0154. The average molecular weight is 1080 g/mol. The van der Waals surface area contributed by atoms with Gasteiger partial charge in [0.1, 0.15) is 31.8 Å². The number of carbonyl (C=O) groups is 7. The number of benzene rings is 3. The molecular formula is C52H50F5N7O13. The van der Waals surface area contributed by atoms with Crippen LogP contribution in [0.25, 0.3) is 22.3 Å². The summed E-state index contributed by atoms with van der Waals surface area (Å²) < 4.78 is 96.3. The molecule has 2 aromatic heterocycles. The minimum Gasteiger partial charge on any atom is -0.460 e. The molecule has 8 rings (SSSR count). The summed E-state index contributed by atoms with van der Waals surface area (Å²) in [7, 11) is 0. The van der Waals surface area contributed by atoms with E-state index in [-0.39, 0.29) is 70.5 Å². The maximum Gasteiger partial charge on any atom is 0.313 e. The normalized spacial score (nSPS) is 14.4. The molecule has 0 radical (unpaired) electrons. The van der Waals surface area contributed by atoms with Gasteiger partial charge in [0, 0.05) is 35.9 Å². The standard InChI is InChI=1S/C52H50F5N7O13/c1-26-29-7-8-35(46-30-22-64-38(49(30)63-36(45(29)46)19-32(26)53)16-28-17-44(70)76-23-31(28)52(64)72)61-42(68)24-75-25-60-40(66)20-59-51(71)37(15-27-5-3-2-4-6-27)62-41(67)21-58-39(65)9-11-73-13-14-74-12-10-43(69)77-50-47(56)33(54)18-34(55)48(50)57/h2-6,16,18-19,35,37H,7-15,17,20-25H2,1H3,(H,58,65)(H,59,71)(H,60,66)(H,61,68)(H,62,67)/t35-,37-/m0/s1. The summed E-state index contributed by atoms with van der Waals surface area (Å²) in [6, 6.07) is 9.96. The van der Waals surface area contributed by atoms with Crippen LogP contribution in [-0.4, -0.2) is 110 Å². The summed E-state index contributed by atoms with van der Waals surface area (Å²) in [5.74, 6) is -14.1. The molecule has 0 saturated carbocycles. The molecule has 0 unspecified atom stereocenters. The van der Waals surface area contributed by atoms with Gasteiger partial charge in [-0.15, -0.1) is 0 Å². The van der Waals surface area contributed by atoms with Crippen LogP contribution in [0.1, 0.15) is 64.2 Å². The van der Waals surface area contributed by atoms with Crippen LogP contribution in [0.4, 0.5) is 22.0 Å². The lowest BCUT2D eigenvalue weighted by Gasteiger charge is -2.29. The summed E-state index contributed by atoms with van der Waals surface area (Å²) in [5, 5.41) is 13.6. The number of pyridine rings is 2. The van der Waals surface area contributed by atoms with E-state index in [0.29, 0.717) is 68.5 Å². The van der Waals surface area contributed by atoms with E-state index < -0.39 is 121 Å². The third-order valence-electron chi connectivity index (χ3n) is 12.9. The molecule has 5 N–H and O–H groups in total. The Morgan fingerprint density at radius 3 is 2.23 bits per heavy atom. The number of fused-ring (bicyclic) bond motifs is 5. The van der Waals surface area contributed by atoms with E-state index in [9.17, 15) is 55.9 Å². The number of esters is 2. The van der Waals surface area contributed by atoms with Crippen LogP contribution in [0.3, 0.4) is 0 Å². The van der Waals surface area contributed by atoms with Crippen molar-refractivity contribution in [2.24, 2.45) is 0 Å². The smallest absolute Gasteiger partial charge is 0.313 e. The molecule has 5 amide bonds. The molecular weight excluding hydrogens is 1030 g/mol. The fourth-order valence-electron chi connectivity index (χ4n) is 9.09. The van der Waals surface area contributed by atoms with Gasteiger partial charge >= 0.3 is 11.9 Å². The van der Waals surface area contributed by atoms with E-state index in [0.717, 1.165) is 5.56 Å². The van der Waals surface area contributed by atoms with Gasteiger partial charge in [0.2, 0.25) is 46.9 Å². The van der Waals surface area contributed by atoms with E-state index in [1.165, 1.54) is 6.07 Å². The van der Waals surface area contributed by atoms with Crippen LogP contribution in [-0.2, 0) is 84.9 Å². The van der Waals surface area contributed by atoms with Crippen molar-refractivity contribution in [1.82, 2.24) is 36.1 Å². The van der Waals surface area contributed by atoms with Crippen LogP contribution in [0.5, 0.6) is 5.75 Å². The first-order valence-electron chi connectivity index (χ1n) is 24.2. The van der Waals surface area contributed by atoms with Gasteiger partial charge < -0.3 is 54.8 Å². The summed E-state index contributed by atoms with van der Waals surface area (Å²) in [4.78, 5) is 107. The van der Waals surface area contributed by atoms with Gasteiger partial charge in [-0.25, -0.2) is 18.2 Å². The van der Waals surface area contributed by atoms with E-state index >= 15 is 4.39 Å². The number of cyclic esters (lactones) is 1. The van der Waals surface area contributed by atoms with E-state index in [2.05, 4.69) is 31.3 Å². The minimum atomic E-state index is -1.87. The van der Waals surface area contributed by atoms with Crippen molar-refractivity contribution in [2.45, 2.75) is 70.7 Å². The molecule has 0 saturated heterocycles. The van der Waals surface area contributed by atoms with Gasteiger partial charge in [0.25, 0.3) is 5.56 Å². The molecule has 20 nitrogen and oxygen atoms in total. The van der Waals surface area contributed by atoms with Gasteiger partial charge in [0.15, 0.2) is 11.6 Å². The average Bonchev–Trinajstić information content (AvgIpc) is 3.89. The topological polar surface area (TPSA) is 261 Å². The van der Waals surface area contributed by atoms with Crippen molar-refractivity contribution in [1.29, 1.82) is 0 Å². The number of aryl methyl sites for hydroxylation is 1. The Kier molecular flexibility index (Phi) is 17.6. The summed E-state index contributed by atoms with van der Waals surface area (Å²) in [5.41, 5.74) is 5.13. The molecule has 1 aliphatic carbocycles. The largest absolute Gasteiger partial charge is 0.460 e. The van der Waals surface area contributed by atoms with Crippen LogP contribution in [0.15, 0.2) is 53.3 Å². The molecule has 2 aliphatic heterocycles. The number of nitrogens with zero attached hydrogens (tertiary/aromatic N) is 2. The van der Waals surface area contributed by atoms with Gasteiger partial charge in [-0.2, -0.15) is 8.78 Å². The lowest BCUT2D eigenvalue weighted by atomic mass is 9.81. The van der Waals surface area contributed by atoms with Crippen LogP contribution >= 0.6 is 0 Å². The summed E-state index contributed by atoms with van der Waals surface area (Å²) in [6.45, 7) is -0.824. The zero-order valence-corrected chi connectivity index (χ0v) is 41.2. The predicted molar refractivity (Wildman–Crippen MR) is 258 cm³/mol. The van der Waals surface area contributed by atoms with Crippen molar-refractivity contribution >= 4 is 52.4 Å². The lowest BCUT2D eigenvalue weighted by molar-refractivity contribution is -0.145. The van der Waals surface area contributed by atoms with Crippen LogP contribution in [0.2, 0.25) is 0 Å². The molecule has 0 spiro atoms. The van der Waals surface area contributed by atoms with E-state index in [1.54, 1.807) is 47.9 Å². The molecule has 5 aromatic rings. The second-order valence-electron chi connectivity index (χ2n) is 18.0. The number of ether oxygens (including phenoxy) is 5.